The minimum atomic E-state index is -0.320. The third-order valence-corrected chi connectivity index (χ3v) is 3.54. The van der Waals surface area contributed by atoms with Crippen LogP contribution in [-0.2, 0) is 9.59 Å². The minimum absolute atomic E-state index is 0.0781. The van der Waals surface area contributed by atoms with Gasteiger partial charge in [0, 0.05) is 31.6 Å². The number of carbonyl (C=O) groups excluding carboxylic acids is 2. The monoisotopic (exact) mass is 326 g/mol. The second-order valence-corrected chi connectivity index (χ2v) is 6.69. The highest BCUT2D eigenvalue weighted by Crippen LogP contribution is 2.04. The van der Waals surface area contributed by atoms with Crippen LogP contribution in [0.25, 0.3) is 0 Å². The van der Waals surface area contributed by atoms with Crippen molar-refractivity contribution in [1.82, 2.24) is 10.3 Å². The molecule has 23 heavy (non-hydrogen) atoms. The average molecular weight is 326 g/mol. The standard InChI is InChI=1S/C17H34N4O2/c1-13(2)8-7-11-21(19)12-15(18)17(23)20-10-6-5-9-16(22)14(3)4/h12-14H,5-11,18-19H2,1-4H3,(H,20,23)/b15-12-. The third-order valence-electron chi connectivity index (χ3n) is 3.54. The number of nitrogens with one attached hydrogen (secondary N) is 1. The van der Waals surface area contributed by atoms with E-state index >= 15 is 0 Å². The molecule has 0 unspecified atom stereocenters. The van der Waals surface area contributed by atoms with Gasteiger partial charge in [0.05, 0.1) is 0 Å². The van der Waals surface area contributed by atoms with Gasteiger partial charge in [-0.25, -0.2) is 5.84 Å². The molecule has 0 aliphatic carbocycles. The molecule has 0 aliphatic rings. The Morgan fingerprint density at radius 1 is 1.13 bits per heavy atom. The summed E-state index contributed by atoms with van der Waals surface area (Å²) in [7, 11) is 0. The van der Waals surface area contributed by atoms with Crippen molar-refractivity contribution in [1.29, 1.82) is 0 Å². The van der Waals surface area contributed by atoms with Crippen molar-refractivity contribution >= 4 is 11.7 Å². The van der Waals surface area contributed by atoms with Crippen LogP contribution in [0.5, 0.6) is 0 Å². The number of rotatable bonds is 12. The summed E-state index contributed by atoms with van der Waals surface area (Å²) in [6, 6.07) is 0. The largest absolute Gasteiger partial charge is 0.393 e. The number of unbranched alkanes of at least 4 members (excludes halogenated alkanes) is 1. The van der Waals surface area contributed by atoms with Crippen LogP contribution in [0.15, 0.2) is 11.9 Å². The summed E-state index contributed by atoms with van der Waals surface area (Å²) in [6.07, 6.45) is 5.62. The molecular formula is C17H34N4O2. The first kappa shape index (κ1) is 21.4. The number of hydrogen-bond donors (Lipinski definition) is 3. The summed E-state index contributed by atoms with van der Waals surface area (Å²) < 4.78 is 0. The number of Topliss-reactive ketones (excluding diaryl/α,β-unsaturated/α-hetero) is 1. The summed E-state index contributed by atoms with van der Waals surface area (Å²) in [4.78, 5) is 23.3. The Morgan fingerprint density at radius 3 is 2.35 bits per heavy atom. The molecule has 5 N–H and O–H groups in total. The molecule has 1 amide bonds. The number of hydrogen-bond acceptors (Lipinski definition) is 5. The highest BCUT2D eigenvalue weighted by molar-refractivity contribution is 5.92. The molecule has 0 heterocycles. The van der Waals surface area contributed by atoms with E-state index in [0.717, 1.165) is 25.7 Å². The number of nitrogens with zero attached hydrogens (tertiary/aromatic N) is 1. The summed E-state index contributed by atoms with van der Waals surface area (Å²) >= 11 is 0. The van der Waals surface area contributed by atoms with Crippen molar-refractivity contribution in [2.24, 2.45) is 23.4 Å². The Morgan fingerprint density at radius 2 is 1.78 bits per heavy atom. The van der Waals surface area contributed by atoms with E-state index in [-0.39, 0.29) is 23.3 Å². The quantitative estimate of drug-likeness (QED) is 0.220. The van der Waals surface area contributed by atoms with Crippen molar-refractivity contribution in [2.75, 3.05) is 13.1 Å². The normalized spacial score (nSPS) is 11.9. The van der Waals surface area contributed by atoms with Crippen LogP contribution >= 0.6 is 0 Å². The van der Waals surface area contributed by atoms with E-state index in [1.165, 1.54) is 11.2 Å². The van der Waals surface area contributed by atoms with Crippen LogP contribution < -0.4 is 16.9 Å². The molecule has 0 rings (SSSR count). The zero-order chi connectivity index (χ0) is 17.8. The minimum Gasteiger partial charge on any atom is -0.393 e. The lowest BCUT2D eigenvalue weighted by molar-refractivity contribution is -0.122. The van der Waals surface area contributed by atoms with Gasteiger partial charge in [-0.3, -0.25) is 9.59 Å². The number of nitrogens with two attached hydrogens (primary N) is 2. The van der Waals surface area contributed by atoms with Gasteiger partial charge < -0.3 is 16.1 Å². The van der Waals surface area contributed by atoms with Crippen molar-refractivity contribution in [3.05, 3.63) is 11.9 Å². The summed E-state index contributed by atoms with van der Waals surface area (Å²) in [5.74, 6) is 6.45. The zero-order valence-electron chi connectivity index (χ0n) is 15.1. The second-order valence-electron chi connectivity index (χ2n) is 6.69. The number of hydrazine groups is 1. The lowest BCUT2D eigenvalue weighted by Gasteiger charge is -2.15. The van der Waals surface area contributed by atoms with E-state index in [1.54, 1.807) is 0 Å². The van der Waals surface area contributed by atoms with Crippen LogP contribution in [-0.4, -0.2) is 29.8 Å². The molecule has 0 aliphatic heterocycles. The van der Waals surface area contributed by atoms with Gasteiger partial charge in [0.1, 0.15) is 11.5 Å². The fourth-order valence-corrected chi connectivity index (χ4v) is 2.00. The van der Waals surface area contributed by atoms with Crippen LogP contribution in [0.3, 0.4) is 0 Å². The SMILES string of the molecule is CC(C)CCCN(N)/C=C(\N)C(=O)NCCCCC(=O)C(C)C. The molecule has 0 aromatic heterocycles. The highest BCUT2D eigenvalue weighted by atomic mass is 16.2. The Kier molecular flexibility index (Phi) is 11.1. The van der Waals surface area contributed by atoms with E-state index in [9.17, 15) is 9.59 Å². The molecule has 0 aromatic rings. The Labute approximate surface area is 140 Å². The lowest BCUT2D eigenvalue weighted by atomic mass is 10.0. The summed E-state index contributed by atoms with van der Waals surface area (Å²) in [6.45, 7) is 9.30. The Hall–Kier alpha value is -1.56. The van der Waals surface area contributed by atoms with Crippen LogP contribution in [0.2, 0.25) is 0 Å². The van der Waals surface area contributed by atoms with Crippen molar-refractivity contribution in [3.63, 3.8) is 0 Å². The number of amides is 1. The maximum atomic E-state index is 11.8. The lowest BCUT2D eigenvalue weighted by Crippen LogP contribution is -2.34. The van der Waals surface area contributed by atoms with Gasteiger partial charge in [-0.2, -0.15) is 0 Å². The molecule has 6 nitrogen and oxygen atoms in total. The molecule has 0 spiro atoms. The van der Waals surface area contributed by atoms with E-state index in [0.29, 0.717) is 25.4 Å². The topological polar surface area (TPSA) is 101 Å². The van der Waals surface area contributed by atoms with E-state index in [4.69, 9.17) is 11.6 Å². The molecule has 6 heteroatoms. The van der Waals surface area contributed by atoms with Crippen molar-refractivity contribution in [3.8, 4) is 0 Å². The molecule has 0 fully saturated rings. The van der Waals surface area contributed by atoms with E-state index in [2.05, 4.69) is 19.2 Å². The molecule has 0 aromatic carbocycles. The molecule has 0 atom stereocenters. The first-order valence-electron chi connectivity index (χ1n) is 8.53. The van der Waals surface area contributed by atoms with Gasteiger partial charge in [-0.05, 0) is 31.6 Å². The van der Waals surface area contributed by atoms with Crippen molar-refractivity contribution in [2.45, 2.75) is 59.8 Å². The molecule has 134 valence electrons. The van der Waals surface area contributed by atoms with Crippen molar-refractivity contribution < 1.29 is 9.59 Å². The second kappa shape index (κ2) is 11.9. The van der Waals surface area contributed by atoms with E-state index in [1.807, 2.05) is 13.8 Å². The fraction of sp³-hybridized carbons (Fsp3) is 0.765. The highest BCUT2D eigenvalue weighted by Gasteiger charge is 2.08. The fourth-order valence-electron chi connectivity index (χ4n) is 2.00. The molecule has 0 saturated carbocycles. The smallest absolute Gasteiger partial charge is 0.268 e. The summed E-state index contributed by atoms with van der Waals surface area (Å²) in [5.41, 5.74) is 5.83. The Balaban J connectivity index is 3.92. The van der Waals surface area contributed by atoms with Crippen LogP contribution in [0.1, 0.15) is 59.8 Å². The van der Waals surface area contributed by atoms with Gasteiger partial charge in [-0.1, -0.05) is 27.7 Å². The molecule has 0 bridgehead atoms. The maximum absolute atomic E-state index is 11.8. The van der Waals surface area contributed by atoms with Crippen LogP contribution in [0.4, 0.5) is 0 Å². The molecule has 0 radical (unpaired) electrons. The molecule has 0 saturated heterocycles. The van der Waals surface area contributed by atoms with Gasteiger partial charge in [-0.15, -0.1) is 0 Å². The van der Waals surface area contributed by atoms with Crippen LogP contribution in [0, 0.1) is 11.8 Å². The number of ketones is 1. The summed E-state index contributed by atoms with van der Waals surface area (Å²) in [5, 5.41) is 4.20. The zero-order valence-corrected chi connectivity index (χ0v) is 15.1. The Bertz CT molecular complexity index is 392. The van der Waals surface area contributed by atoms with Gasteiger partial charge >= 0.3 is 0 Å². The third kappa shape index (κ3) is 11.6. The predicted molar refractivity (Wildman–Crippen MR) is 93.9 cm³/mol. The van der Waals surface area contributed by atoms with E-state index < -0.39 is 0 Å². The first-order chi connectivity index (χ1) is 10.7. The van der Waals surface area contributed by atoms with Gasteiger partial charge in [0.15, 0.2) is 0 Å². The number of carbonyl (C=O) groups is 2. The van der Waals surface area contributed by atoms with Gasteiger partial charge in [0.25, 0.3) is 5.91 Å². The predicted octanol–water partition coefficient (Wildman–Crippen LogP) is 1.91. The maximum Gasteiger partial charge on any atom is 0.268 e. The molecular weight excluding hydrogens is 292 g/mol. The first-order valence-corrected chi connectivity index (χ1v) is 8.53. The van der Waals surface area contributed by atoms with Gasteiger partial charge in [0.2, 0.25) is 0 Å². The average Bonchev–Trinajstić information content (AvgIpc) is 2.45.